The van der Waals surface area contributed by atoms with Crippen LogP contribution >= 0.6 is 0 Å². The molecule has 1 nitrogen and oxygen atoms in total. The smallest absolute Gasteiger partial charge is 0.0465 e. The second-order valence-corrected chi connectivity index (χ2v) is 16.3. The molecule has 0 bridgehead atoms. The first-order valence-electron chi connectivity index (χ1n) is 20.3. The van der Waals surface area contributed by atoms with Gasteiger partial charge in [0.05, 0.1) is 0 Å². The van der Waals surface area contributed by atoms with E-state index < -0.39 is 0 Å². The Morgan fingerprint density at radius 1 is 0.328 bits per heavy atom. The van der Waals surface area contributed by atoms with Gasteiger partial charge in [0.25, 0.3) is 0 Å². The average molecular weight is 744 g/mol. The van der Waals surface area contributed by atoms with E-state index in [4.69, 9.17) is 0 Å². The quantitative estimate of drug-likeness (QED) is 0.157. The van der Waals surface area contributed by atoms with E-state index in [-0.39, 0.29) is 5.41 Å². The van der Waals surface area contributed by atoms with E-state index >= 15 is 0 Å². The molecule has 0 aromatic heterocycles. The average Bonchev–Trinajstić information content (AvgIpc) is 3.49. The van der Waals surface area contributed by atoms with Gasteiger partial charge in [-0.1, -0.05) is 166 Å². The Balaban J connectivity index is 1.06. The van der Waals surface area contributed by atoms with Gasteiger partial charge in [-0.25, -0.2) is 0 Å². The predicted octanol–water partition coefficient (Wildman–Crippen LogP) is 15.9. The molecule has 9 aromatic rings. The number of hydrogen-bond acceptors (Lipinski definition) is 1. The second-order valence-electron chi connectivity index (χ2n) is 16.3. The highest BCUT2D eigenvalue weighted by atomic mass is 15.1. The van der Waals surface area contributed by atoms with E-state index in [9.17, 15) is 0 Å². The van der Waals surface area contributed by atoms with Crippen LogP contribution in [0.25, 0.3) is 66.4 Å². The van der Waals surface area contributed by atoms with Gasteiger partial charge in [0.2, 0.25) is 0 Å². The molecule has 1 aliphatic carbocycles. The first kappa shape index (κ1) is 35.5. The lowest BCUT2D eigenvalue weighted by atomic mass is 9.81. The van der Waals surface area contributed by atoms with Crippen molar-refractivity contribution in [2.24, 2.45) is 0 Å². The molecule has 0 unspecified atom stereocenters. The van der Waals surface area contributed by atoms with Crippen molar-refractivity contribution in [1.29, 1.82) is 0 Å². The van der Waals surface area contributed by atoms with Crippen LogP contribution in [0.2, 0.25) is 0 Å². The Labute approximate surface area is 342 Å². The zero-order chi connectivity index (χ0) is 39.4. The van der Waals surface area contributed by atoms with Crippen molar-refractivity contribution < 1.29 is 0 Å². The fraction of sp³-hybridized carbons (Fsp3) is 0.0877. The van der Waals surface area contributed by atoms with Crippen molar-refractivity contribution >= 4 is 27.8 Å². The lowest BCUT2D eigenvalue weighted by molar-refractivity contribution is 0.660. The van der Waals surface area contributed by atoms with Crippen molar-refractivity contribution in [2.45, 2.75) is 33.1 Å². The van der Waals surface area contributed by atoms with Crippen LogP contribution in [0.1, 0.15) is 36.1 Å². The highest BCUT2D eigenvalue weighted by Gasteiger charge is 2.36. The molecule has 9 aromatic carbocycles. The fourth-order valence-electron chi connectivity index (χ4n) is 9.20. The number of nitrogens with zero attached hydrogens (tertiary/aromatic N) is 1. The normalized spacial score (nSPS) is 12.6. The minimum atomic E-state index is -0.166. The summed E-state index contributed by atoms with van der Waals surface area (Å²) >= 11 is 0. The largest absolute Gasteiger partial charge is 0.310 e. The number of fused-ring (bicyclic) bond motifs is 4. The Kier molecular flexibility index (Phi) is 8.68. The summed E-state index contributed by atoms with van der Waals surface area (Å²) in [6.45, 7) is 9.20. The third-order valence-corrected chi connectivity index (χ3v) is 12.4. The molecule has 278 valence electrons. The van der Waals surface area contributed by atoms with Crippen LogP contribution in [0.5, 0.6) is 0 Å². The Morgan fingerprint density at radius 2 is 0.845 bits per heavy atom. The zero-order valence-electron chi connectivity index (χ0n) is 33.5. The summed E-state index contributed by atoms with van der Waals surface area (Å²) in [5, 5.41) is 2.51. The Morgan fingerprint density at radius 3 is 1.59 bits per heavy atom. The molecular weight excluding hydrogens is 699 g/mol. The first-order valence-corrected chi connectivity index (χ1v) is 20.3. The first-order chi connectivity index (χ1) is 28.3. The summed E-state index contributed by atoms with van der Waals surface area (Å²) in [5.74, 6) is 0. The van der Waals surface area contributed by atoms with Crippen molar-refractivity contribution in [3.63, 3.8) is 0 Å². The number of aryl methyl sites for hydroxylation is 1. The highest BCUT2D eigenvalue weighted by molar-refractivity contribution is 5.90. The van der Waals surface area contributed by atoms with Crippen LogP contribution in [-0.4, -0.2) is 0 Å². The third-order valence-electron chi connectivity index (χ3n) is 12.4. The zero-order valence-corrected chi connectivity index (χ0v) is 33.5. The molecule has 0 atom stereocenters. The maximum Gasteiger partial charge on any atom is 0.0465 e. The van der Waals surface area contributed by atoms with E-state index in [0.717, 1.165) is 17.1 Å². The second kappa shape index (κ2) is 14.2. The summed E-state index contributed by atoms with van der Waals surface area (Å²) in [6, 6.07) is 73.7. The molecule has 0 aliphatic heterocycles. The van der Waals surface area contributed by atoms with Gasteiger partial charge in [0.15, 0.2) is 0 Å². The standard InChI is InChI=1S/C57H45N/c1-38-13-8-11-18-50(38)52-20-12-19-51(39(52)2)43-25-30-48(31-26-43)58(47-28-23-42(24-29-47)45-22-21-41-16-9-10-17-44(41)35-45)49-32-34-54-53-33-27-46(40-14-6-5-7-15-40)36-55(53)57(3,4)56(54)37-49/h5-37H,1-4H3. The molecule has 10 rings (SSSR count). The van der Waals surface area contributed by atoms with Crippen LogP contribution < -0.4 is 4.90 Å². The van der Waals surface area contributed by atoms with Gasteiger partial charge < -0.3 is 4.90 Å². The molecule has 0 spiro atoms. The van der Waals surface area contributed by atoms with Crippen molar-refractivity contribution in [1.82, 2.24) is 0 Å². The molecule has 1 heteroatoms. The van der Waals surface area contributed by atoms with Crippen molar-refractivity contribution in [2.75, 3.05) is 4.90 Å². The molecular formula is C57H45N. The Hall–Kier alpha value is -6.96. The maximum atomic E-state index is 2.43. The highest BCUT2D eigenvalue weighted by Crippen LogP contribution is 2.52. The molecule has 0 fully saturated rings. The van der Waals surface area contributed by atoms with Gasteiger partial charge >= 0.3 is 0 Å². The summed E-state index contributed by atoms with van der Waals surface area (Å²) < 4.78 is 0. The number of hydrogen-bond donors (Lipinski definition) is 0. The Bertz CT molecular complexity index is 2970. The minimum Gasteiger partial charge on any atom is -0.310 e. The van der Waals surface area contributed by atoms with Crippen LogP contribution in [0.15, 0.2) is 200 Å². The van der Waals surface area contributed by atoms with Gasteiger partial charge in [-0.05, 0) is 151 Å². The van der Waals surface area contributed by atoms with Gasteiger partial charge in [-0.3, -0.25) is 0 Å². The lowest BCUT2D eigenvalue weighted by Gasteiger charge is -2.28. The topological polar surface area (TPSA) is 3.24 Å². The molecule has 0 saturated carbocycles. The molecule has 1 aliphatic rings. The van der Waals surface area contributed by atoms with Crippen molar-refractivity contribution in [3.8, 4) is 55.6 Å². The molecule has 0 amide bonds. The monoisotopic (exact) mass is 743 g/mol. The van der Waals surface area contributed by atoms with Gasteiger partial charge in [-0.2, -0.15) is 0 Å². The molecule has 0 radical (unpaired) electrons. The van der Waals surface area contributed by atoms with E-state index in [2.05, 4.69) is 233 Å². The maximum absolute atomic E-state index is 2.43. The van der Waals surface area contributed by atoms with E-state index in [1.807, 2.05) is 0 Å². The van der Waals surface area contributed by atoms with E-state index in [1.165, 1.54) is 88.7 Å². The SMILES string of the molecule is Cc1ccccc1-c1cccc(-c2ccc(N(c3ccc(-c4ccc5ccccc5c4)cc3)c3ccc4c(c3)C(C)(C)c3cc(-c5ccccc5)ccc3-4)cc2)c1C. The lowest BCUT2D eigenvalue weighted by Crippen LogP contribution is -2.16. The summed E-state index contributed by atoms with van der Waals surface area (Å²) in [7, 11) is 0. The third kappa shape index (κ3) is 6.12. The molecule has 0 saturated heterocycles. The predicted molar refractivity (Wildman–Crippen MR) is 247 cm³/mol. The van der Waals surface area contributed by atoms with Gasteiger partial charge in [0, 0.05) is 22.5 Å². The summed E-state index contributed by atoms with van der Waals surface area (Å²) in [6.07, 6.45) is 0. The molecule has 0 heterocycles. The van der Waals surface area contributed by atoms with Crippen LogP contribution in [0, 0.1) is 13.8 Å². The molecule has 0 N–H and O–H groups in total. The van der Waals surface area contributed by atoms with Gasteiger partial charge in [0.1, 0.15) is 0 Å². The van der Waals surface area contributed by atoms with Gasteiger partial charge in [-0.15, -0.1) is 0 Å². The minimum absolute atomic E-state index is 0.166. The summed E-state index contributed by atoms with van der Waals surface area (Å²) in [5.41, 5.74) is 21.1. The van der Waals surface area contributed by atoms with Crippen molar-refractivity contribution in [3.05, 3.63) is 222 Å². The van der Waals surface area contributed by atoms with E-state index in [1.54, 1.807) is 0 Å². The van der Waals surface area contributed by atoms with Crippen LogP contribution in [0.3, 0.4) is 0 Å². The van der Waals surface area contributed by atoms with Crippen LogP contribution in [0.4, 0.5) is 17.1 Å². The number of anilines is 3. The number of benzene rings is 9. The fourth-order valence-corrected chi connectivity index (χ4v) is 9.20. The number of rotatable bonds is 7. The van der Waals surface area contributed by atoms with Crippen LogP contribution in [-0.2, 0) is 5.41 Å². The van der Waals surface area contributed by atoms with E-state index in [0.29, 0.717) is 0 Å². The molecule has 58 heavy (non-hydrogen) atoms. The summed E-state index contributed by atoms with van der Waals surface area (Å²) in [4.78, 5) is 2.42.